The zero-order chi connectivity index (χ0) is 8.27. The number of aryl methyl sites for hydroxylation is 1. The van der Waals surface area contributed by atoms with Gasteiger partial charge in [0, 0.05) is 18.2 Å². The molecule has 0 aromatic carbocycles. The molecule has 0 aliphatic rings. The molecule has 62 valence electrons. The van der Waals surface area contributed by atoms with Crippen LogP contribution in [0.2, 0.25) is 0 Å². The lowest BCUT2D eigenvalue weighted by molar-refractivity contribution is 0.264. The van der Waals surface area contributed by atoms with Gasteiger partial charge in [-0.05, 0) is 13.0 Å². The van der Waals surface area contributed by atoms with Gasteiger partial charge in [0.05, 0.1) is 12.3 Å². The summed E-state index contributed by atoms with van der Waals surface area (Å²) >= 11 is 0. The van der Waals surface area contributed by atoms with Gasteiger partial charge in [0.25, 0.3) is 0 Å². The van der Waals surface area contributed by atoms with E-state index in [9.17, 15) is 0 Å². The van der Waals surface area contributed by atoms with E-state index in [1.165, 1.54) is 0 Å². The lowest BCUT2D eigenvalue weighted by Gasteiger charge is -2.03. The van der Waals surface area contributed by atoms with Gasteiger partial charge < -0.3 is 10.8 Å². The molecular formula is C7H13N3O. The summed E-state index contributed by atoms with van der Waals surface area (Å²) in [4.78, 5) is 0. The lowest BCUT2D eigenvalue weighted by atomic mass is 10.2. The van der Waals surface area contributed by atoms with E-state index >= 15 is 0 Å². The highest BCUT2D eigenvalue weighted by atomic mass is 16.3. The monoisotopic (exact) mass is 155 g/mol. The molecule has 1 atom stereocenters. The lowest BCUT2D eigenvalue weighted by Crippen LogP contribution is -2.26. The van der Waals surface area contributed by atoms with Gasteiger partial charge in [0.1, 0.15) is 0 Å². The molecule has 0 spiro atoms. The number of rotatable bonds is 3. The molecule has 1 aromatic rings. The van der Waals surface area contributed by atoms with Gasteiger partial charge in [-0.2, -0.15) is 5.10 Å². The number of nitrogens with two attached hydrogens (primary N) is 1. The van der Waals surface area contributed by atoms with Gasteiger partial charge in [-0.1, -0.05) is 0 Å². The molecule has 1 unspecified atom stereocenters. The van der Waals surface area contributed by atoms with E-state index in [2.05, 4.69) is 10.2 Å². The summed E-state index contributed by atoms with van der Waals surface area (Å²) in [7, 11) is 0. The van der Waals surface area contributed by atoms with Gasteiger partial charge >= 0.3 is 0 Å². The van der Waals surface area contributed by atoms with Crippen LogP contribution in [0.3, 0.4) is 0 Å². The smallest absolute Gasteiger partial charge is 0.0641 e. The Bertz CT molecular complexity index is 221. The third kappa shape index (κ3) is 2.32. The second-order valence-electron chi connectivity index (χ2n) is 2.69. The van der Waals surface area contributed by atoms with Crippen LogP contribution in [0.1, 0.15) is 11.4 Å². The highest BCUT2D eigenvalue weighted by molar-refractivity contribution is 5.07. The predicted molar refractivity (Wildman–Crippen MR) is 42.1 cm³/mol. The molecule has 0 saturated carbocycles. The van der Waals surface area contributed by atoms with Crippen LogP contribution in [0.15, 0.2) is 6.07 Å². The Kier molecular flexibility index (Phi) is 2.62. The van der Waals surface area contributed by atoms with Crippen molar-refractivity contribution in [3.8, 4) is 0 Å². The zero-order valence-electron chi connectivity index (χ0n) is 6.54. The van der Waals surface area contributed by atoms with Crippen molar-refractivity contribution in [2.24, 2.45) is 5.73 Å². The number of nitrogens with zero attached hydrogens (tertiary/aromatic N) is 1. The molecule has 1 heterocycles. The van der Waals surface area contributed by atoms with E-state index in [1.807, 2.05) is 13.0 Å². The fourth-order valence-electron chi connectivity index (χ4n) is 0.912. The summed E-state index contributed by atoms with van der Waals surface area (Å²) in [6.07, 6.45) is 0.626. The summed E-state index contributed by atoms with van der Waals surface area (Å²) in [6.45, 7) is 1.94. The minimum Gasteiger partial charge on any atom is -0.395 e. The highest BCUT2D eigenvalue weighted by Crippen LogP contribution is 1.99. The van der Waals surface area contributed by atoms with Crippen LogP contribution < -0.4 is 5.73 Å². The fourth-order valence-corrected chi connectivity index (χ4v) is 0.912. The van der Waals surface area contributed by atoms with Gasteiger partial charge in [0.2, 0.25) is 0 Å². The number of nitrogens with one attached hydrogen (secondary N) is 1. The van der Waals surface area contributed by atoms with E-state index in [4.69, 9.17) is 10.8 Å². The second-order valence-corrected chi connectivity index (χ2v) is 2.69. The maximum absolute atomic E-state index is 8.64. The van der Waals surface area contributed by atoms with Crippen LogP contribution in [0.25, 0.3) is 0 Å². The standard InChI is InChI=1S/C7H13N3O/c1-5-2-7(10-9-5)3-6(8)4-11/h2,6,11H,3-4,8H2,1H3,(H,9,10). The third-order valence-electron chi connectivity index (χ3n) is 1.46. The Hall–Kier alpha value is -0.870. The van der Waals surface area contributed by atoms with E-state index in [1.54, 1.807) is 0 Å². The Balaban J connectivity index is 2.50. The molecule has 0 bridgehead atoms. The minimum absolute atomic E-state index is 0.00586. The van der Waals surface area contributed by atoms with Crippen LogP contribution in [0, 0.1) is 6.92 Å². The summed E-state index contributed by atoms with van der Waals surface area (Å²) in [5.41, 5.74) is 7.44. The Morgan fingerprint density at radius 1 is 1.82 bits per heavy atom. The molecule has 0 radical (unpaired) electrons. The molecule has 4 N–H and O–H groups in total. The van der Waals surface area contributed by atoms with Crippen LogP contribution in [0.5, 0.6) is 0 Å². The topological polar surface area (TPSA) is 74.9 Å². The van der Waals surface area contributed by atoms with Crippen LogP contribution >= 0.6 is 0 Å². The van der Waals surface area contributed by atoms with Crippen LogP contribution in [-0.4, -0.2) is 28.0 Å². The normalized spacial score (nSPS) is 13.4. The van der Waals surface area contributed by atoms with Crippen molar-refractivity contribution in [1.82, 2.24) is 10.2 Å². The SMILES string of the molecule is Cc1cc(CC(N)CO)n[nH]1. The number of aromatic nitrogens is 2. The van der Waals surface area contributed by atoms with Crippen molar-refractivity contribution in [2.75, 3.05) is 6.61 Å². The van der Waals surface area contributed by atoms with E-state index in [-0.39, 0.29) is 12.6 Å². The minimum atomic E-state index is -0.197. The largest absolute Gasteiger partial charge is 0.395 e. The average molecular weight is 155 g/mol. The number of H-pyrrole nitrogens is 1. The van der Waals surface area contributed by atoms with Crippen molar-refractivity contribution in [3.63, 3.8) is 0 Å². The summed E-state index contributed by atoms with van der Waals surface area (Å²) in [5.74, 6) is 0. The molecule has 0 aliphatic heterocycles. The molecule has 1 aromatic heterocycles. The van der Waals surface area contributed by atoms with Gasteiger partial charge in [0.15, 0.2) is 0 Å². The maximum atomic E-state index is 8.64. The van der Waals surface area contributed by atoms with E-state index < -0.39 is 0 Å². The molecule has 4 heteroatoms. The fraction of sp³-hybridized carbons (Fsp3) is 0.571. The predicted octanol–water partition coefficient (Wildman–Crippen LogP) is -0.420. The number of aromatic amines is 1. The first-order valence-electron chi connectivity index (χ1n) is 3.59. The molecule has 0 amide bonds. The van der Waals surface area contributed by atoms with Crippen molar-refractivity contribution in [1.29, 1.82) is 0 Å². The Labute approximate surface area is 65.4 Å². The number of aliphatic hydroxyl groups excluding tert-OH is 1. The van der Waals surface area contributed by atoms with Crippen molar-refractivity contribution >= 4 is 0 Å². The number of hydrogen-bond acceptors (Lipinski definition) is 3. The molecule has 0 saturated heterocycles. The van der Waals surface area contributed by atoms with Crippen molar-refractivity contribution in [3.05, 3.63) is 17.5 Å². The number of aliphatic hydroxyl groups is 1. The van der Waals surface area contributed by atoms with Crippen LogP contribution in [0.4, 0.5) is 0 Å². The molecule has 0 fully saturated rings. The van der Waals surface area contributed by atoms with Gasteiger partial charge in [-0.15, -0.1) is 0 Å². The molecule has 11 heavy (non-hydrogen) atoms. The summed E-state index contributed by atoms with van der Waals surface area (Å²) in [6, 6.07) is 1.73. The van der Waals surface area contributed by atoms with Crippen molar-refractivity contribution in [2.45, 2.75) is 19.4 Å². The molecule has 1 rings (SSSR count). The van der Waals surface area contributed by atoms with E-state index in [0.29, 0.717) is 6.42 Å². The second kappa shape index (κ2) is 3.50. The first kappa shape index (κ1) is 8.23. The average Bonchev–Trinajstić information content (AvgIpc) is 2.35. The van der Waals surface area contributed by atoms with Crippen molar-refractivity contribution < 1.29 is 5.11 Å². The molecular weight excluding hydrogens is 142 g/mol. The van der Waals surface area contributed by atoms with Gasteiger partial charge in [-0.3, -0.25) is 5.10 Å². The maximum Gasteiger partial charge on any atom is 0.0641 e. The molecule has 0 aliphatic carbocycles. The summed E-state index contributed by atoms with van der Waals surface area (Å²) < 4.78 is 0. The quantitative estimate of drug-likeness (QED) is 0.555. The van der Waals surface area contributed by atoms with Crippen LogP contribution in [-0.2, 0) is 6.42 Å². The molecule has 4 nitrogen and oxygen atoms in total. The number of hydrogen-bond donors (Lipinski definition) is 3. The third-order valence-corrected chi connectivity index (χ3v) is 1.46. The first-order valence-corrected chi connectivity index (χ1v) is 3.59. The van der Waals surface area contributed by atoms with Gasteiger partial charge in [-0.25, -0.2) is 0 Å². The Morgan fingerprint density at radius 2 is 2.55 bits per heavy atom. The summed E-state index contributed by atoms with van der Waals surface area (Å²) in [5, 5.41) is 15.4. The zero-order valence-corrected chi connectivity index (χ0v) is 6.54. The van der Waals surface area contributed by atoms with E-state index in [0.717, 1.165) is 11.4 Å². The first-order chi connectivity index (χ1) is 5.22. The highest BCUT2D eigenvalue weighted by Gasteiger charge is 2.04. The Morgan fingerprint density at radius 3 is 3.00 bits per heavy atom.